The molecule has 2 heterocycles. The molecule has 0 aliphatic heterocycles. The molecule has 1 saturated carbocycles. The van der Waals surface area contributed by atoms with Gasteiger partial charge in [0.2, 0.25) is 10.0 Å². The summed E-state index contributed by atoms with van der Waals surface area (Å²) in [5.41, 5.74) is 1.13. The number of sulfonamides is 1. The smallest absolute Gasteiger partial charge is 0.272 e. The fourth-order valence-corrected chi connectivity index (χ4v) is 3.94. The van der Waals surface area contributed by atoms with Gasteiger partial charge in [-0.3, -0.25) is 4.79 Å². The predicted molar refractivity (Wildman–Crippen MR) is 96.2 cm³/mol. The Bertz CT molecular complexity index is 854. The molecule has 2 aromatic heterocycles. The highest BCUT2D eigenvalue weighted by Gasteiger charge is 2.24. The molecule has 0 spiro atoms. The number of imidazole rings is 1. The van der Waals surface area contributed by atoms with Crippen LogP contribution >= 0.6 is 0 Å². The van der Waals surface area contributed by atoms with E-state index in [1.807, 2.05) is 28.8 Å². The molecule has 8 heteroatoms. The number of fused-ring (bicyclic) bond motifs is 1. The van der Waals surface area contributed by atoms with E-state index in [-0.39, 0.29) is 18.2 Å². The van der Waals surface area contributed by atoms with Crippen molar-refractivity contribution in [2.45, 2.75) is 38.0 Å². The number of carbonyl (C=O) groups is 1. The Labute approximate surface area is 147 Å². The van der Waals surface area contributed by atoms with E-state index in [2.05, 4.69) is 15.0 Å². The maximum Gasteiger partial charge on any atom is 0.272 e. The summed E-state index contributed by atoms with van der Waals surface area (Å²) in [6, 6.07) is 5.69. The van der Waals surface area contributed by atoms with Crippen molar-refractivity contribution in [1.82, 2.24) is 19.4 Å². The number of nitrogens with zero attached hydrogens (tertiary/aromatic N) is 2. The van der Waals surface area contributed by atoms with Crippen LogP contribution < -0.4 is 10.0 Å². The summed E-state index contributed by atoms with van der Waals surface area (Å²) < 4.78 is 27.1. The van der Waals surface area contributed by atoms with Gasteiger partial charge in [-0.25, -0.2) is 18.1 Å². The van der Waals surface area contributed by atoms with Crippen LogP contribution in [0.4, 0.5) is 0 Å². The number of nitrogens with one attached hydrogen (secondary N) is 2. The van der Waals surface area contributed by atoms with Crippen molar-refractivity contribution < 1.29 is 13.2 Å². The van der Waals surface area contributed by atoms with Gasteiger partial charge in [-0.1, -0.05) is 25.3 Å². The zero-order valence-corrected chi connectivity index (χ0v) is 15.2. The Hall–Kier alpha value is -1.93. The Morgan fingerprint density at radius 3 is 2.76 bits per heavy atom. The summed E-state index contributed by atoms with van der Waals surface area (Å²) in [6.07, 6.45) is 7.76. The Kier molecular flexibility index (Phi) is 5.39. The minimum Gasteiger partial charge on any atom is -0.350 e. The average molecular weight is 364 g/mol. The van der Waals surface area contributed by atoms with Crippen molar-refractivity contribution in [3.05, 3.63) is 35.9 Å². The van der Waals surface area contributed by atoms with Gasteiger partial charge in [0.25, 0.3) is 5.91 Å². The molecular formula is C17H24N4O3S. The zero-order chi connectivity index (χ0) is 17.9. The van der Waals surface area contributed by atoms with E-state index in [1.165, 1.54) is 26.3 Å². The maximum absolute atomic E-state index is 12.5. The Morgan fingerprint density at radius 1 is 1.28 bits per heavy atom. The van der Waals surface area contributed by atoms with Gasteiger partial charge in [-0.15, -0.1) is 0 Å². The van der Waals surface area contributed by atoms with Crippen molar-refractivity contribution in [1.29, 1.82) is 0 Å². The lowest BCUT2D eigenvalue weighted by Crippen LogP contribution is -2.33. The van der Waals surface area contributed by atoms with E-state index in [0.29, 0.717) is 11.6 Å². The van der Waals surface area contributed by atoms with Gasteiger partial charge in [0.1, 0.15) is 5.82 Å². The molecule has 0 aromatic carbocycles. The molecule has 2 N–H and O–H groups in total. The van der Waals surface area contributed by atoms with Crippen molar-refractivity contribution in [3.8, 4) is 0 Å². The summed E-state index contributed by atoms with van der Waals surface area (Å²) in [4.78, 5) is 17.2. The molecule has 2 aromatic rings. The summed E-state index contributed by atoms with van der Waals surface area (Å²) in [5.74, 6) is 0.812. The molecule has 1 aliphatic rings. The third-order valence-electron chi connectivity index (χ3n) is 4.73. The van der Waals surface area contributed by atoms with Crippen molar-refractivity contribution >= 4 is 21.4 Å². The molecule has 7 nitrogen and oxygen atoms in total. The van der Waals surface area contributed by atoms with Gasteiger partial charge in [0.05, 0.1) is 11.3 Å². The number of pyridine rings is 1. The molecule has 0 radical (unpaired) electrons. The first kappa shape index (κ1) is 17.9. The lowest BCUT2D eigenvalue weighted by Gasteiger charge is -2.20. The van der Waals surface area contributed by atoms with Gasteiger partial charge in [0.15, 0.2) is 5.69 Å². The topological polar surface area (TPSA) is 92.6 Å². The van der Waals surface area contributed by atoms with E-state index in [0.717, 1.165) is 24.2 Å². The monoisotopic (exact) mass is 364 g/mol. The summed E-state index contributed by atoms with van der Waals surface area (Å²) in [7, 11) is -1.98. The second kappa shape index (κ2) is 7.53. The number of amides is 1. The molecule has 0 saturated heterocycles. The van der Waals surface area contributed by atoms with Crippen LogP contribution in [0.5, 0.6) is 0 Å². The summed E-state index contributed by atoms with van der Waals surface area (Å²) >= 11 is 0. The Morgan fingerprint density at radius 2 is 2.04 bits per heavy atom. The first-order valence-electron chi connectivity index (χ1n) is 8.68. The van der Waals surface area contributed by atoms with Gasteiger partial charge in [-0.2, -0.15) is 0 Å². The number of carbonyl (C=O) groups excluding carboxylic acids is 1. The van der Waals surface area contributed by atoms with Gasteiger partial charge >= 0.3 is 0 Å². The predicted octanol–water partition coefficient (Wildman–Crippen LogP) is 1.66. The fraction of sp³-hybridized carbons (Fsp3) is 0.529. The van der Waals surface area contributed by atoms with Crippen LogP contribution in [0.2, 0.25) is 0 Å². The van der Waals surface area contributed by atoms with Crippen molar-refractivity contribution in [2.24, 2.45) is 0 Å². The lowest BCUT2D eigenvalue weighted by molar-refractivity contribution is 0.0953. The van der Waals surface area contributed by atoms with E-state index in [9.17, 15) is 13.2 Å². The zero-order valence-electron chi connectivity index (χ0n) is 14.4. The fourth-order valence-electron chi connectivity index (χ4n) is 3.36. The largest absolute Gasteiger partial charge is 0.350 e. The lowest BCUT2D eigenvalue weighted by atomic mass is 9.89. The highest BCUT2D eigenvalue weighted by atomic mass is 32.2. The molecule has 0 bridgehead atoms. The minimum atomic E-state index is -3.34. The molecule has 25 heavy (non-hydrogen) atoms. The maximum atomic E-state index is 12.5. The van der Waals surface area contributed by atoms with E-state index < -0.39 is 10.0 Å². The van der Waals surface area contributed by atoms with Gasteiger partial charge < -0.3 is 9.72 Å². The molecule has 136 valence electrons. The van der Waals surface area contributed by atoms with Gasteiger partial charge in [0, 0.05) is 18.7 Å². The number of hydrogen-bond donors (Lipinski definition) is 2. The molecular weight excluding hydrogens is 340 g/mol. The molecule has 0 atom stereocenters. The van der Waals surface area contributed by atoms with Crippen molar-refractivity contribution in [2.75, 3.05) is 19.3 Å². The van der Waals surface area contributed by atoms with Crippen LogP contribution in [0.25, 0.3) is 5.52 Å². The van der Waals surface area contributed by atoms with Crippen LogP contribution in [0.3, 0.4) is 0 Å². The second-order valence-electron chi connectivity index (χ2n) is 6.39. The quantitative estimate of drug-likeness (QED) is 0.815. The van der Waals surface area contributed by atoms with Gasteiger partial charge in [-0.05, 0) is 32.0 Å². The van der Waals surface area contributed by atoms with E-state index >= 15 is 0 Å². The summed E-state index contributed by atoms with van der Waals surface area (Å²) in [5, 5.41) is 2.66. The molecule has 0 unspecified atom stereocenters. The molecule has 1 amide bonds. The number of rotatable bonds is 6. The van der Waals surface area contributed by atoms with Crippen LogP contribution in [0, 0.1) is 0 Å². The molecule has 1 fully saturated rings. The minimum absolute atomic E-state index is 0.0482. The van der Waals surface area contributed by atoms with Crippen molar-refractivity contribution in [3.63, 3.8) is 0 Å². The third-order valence-corrected chi connectivity index (χ3v) is 6.09. The standard InChI is InChI=1S/C17H24N4O3S/c1-18-25(23,24)12-10-19-17(22)15-14-9-5-6-11-21(14)16(20-15)13-7-3-2-4-8-13/h5-6,9,11,13,18H,2-4,7-8,10,12H2,1H3,(H,19,22). The number of aromatic nitrogens is 2. The highest BCUT2D eigenvalue weighted by Crippen LogP contribution is 2.33. The average Bonchev–Trinajstić information content (AvgIpc) is 3.02. The van der Waals surface area contributed by atoms with Crippen LogP contribution in [-0.2, 0) is 10.0 Å². The molecule has 1 aliphatic carbocycles. The van der Waals surface area contributed by atoms with Crippen LogP contribution in [0.1, 0.15) is 54.3 Å². The van der Waals surface area contributed by atoms with Crippen LogP contribution in [0.15, 0.2) is 24.4 Å². The SMILES string of the molecule is CNS(=O)(=O)CCNC(=O)c1nc(C2CCCCC2)n2ccccc12. The Balaban J connectivity index is 1.82. The first-order valence-corrected chi connectivity index (χ1v) is 10.3. The van der Waals surface area contributed by atoms with E-state index in [1.54, 1.807) is 0 Å². The molecule has 3 rings (SSSR count). The van der Waals surface area contributed by atoms with E-state index in [4.69, 9.17) is 0 Å². The van der Waals surface area contributed by atoms with Crippen LogP contribution in [-0.4, -0.2) is 43.1 Å². The third kappa shape index (κ3) is 4.01. The normalized spacial score (nSPS) is 16.2. The second-order valence-corrected chi connectivity index (χ2v) is 8.43. The summed E-state index contributed by atoms with van der Waals surface area (Å²) in [6.45, 7) is 0.0482. The number of hydrogen-bond acceptors (Lipinski definition) is 4. The first-order chi connectivity index (χ1) is 12.0. The highest BCUT2D eigenvalue weighted by molar-refractivity contribution is 7.89.